The lowest BCUT2D eigenvalue weighted by molar-refractivity contribution is 0.441. The highest BCUT2D eigenvalue weighted by Gasteiger charge is 2.12. The van der Waals surface area contributed by atoms with Crippen molar-refractivity contribution in [1.82, 2.24) is 4.98 Å². The summed E-state index contributed by atoms with van der Waals surface area (Å²) in [4.78, 5) is 4.38. The molecule has 4 nitrogen and oxygen atoms in total. The van der Waals surface area contributed by atoms with Crippen molar-refractivity contribution in [3.05, 3.63) is 108 Å². The average Bonchev–Trinajstić information content (AvgIpc) is 2.81. The molecule has 1 N–H and O–H groups in total. The zero-order valence-electron chi connectivity index (χ0n) is 16.9. The quantitative estimate of drug-likeness (QED) is 0.384. The van der Waals surface area contributed by atoms with E-state index in [-0.39, 0.29) is 11.8 Å². The van der Waals surface area contributed by atoms with Gasteiger partial charge in [-0.25, -0.2) is 9.37 Å². The lowest BCUT2D eigenvalue weighted by Crippen LogP contribution is -2.08. The van der Waals surface area contributed by atoms with Crippen molar-refractivity contribution in [2.24, 2.45) is 0 Å². The average molecular weight is 409 g/mol. The maximum Gasteiger partial charge on any atom is 0.166 e. The van der Waals surface area contributed by atoms with Crippen molar-refractivity contribution in [3.8, 4) is 28.7 Å². The summed E-state index contributed by atoms with van der Waals surface area (Å²) in [6, 6.07) is 27.2. The van der Waals surface area contributed by atoms with Crippen molar-refractivity contribution in [1.29, 1.82) is 5.26 Å². The molecule has 0 bridgehead atoms. The van der Waals surface area contributed by atoms with Crippen molar-refractivity contribution in [2.45, 2.75) is 13.0 Å². The standard InChI is InChI=1S/C26H20FN3O/c1-18(21-11-12-25(24(27)15-21)31-23-5-3-2-4-6-23)30-26-16-22(13-14-29-26)20-9-7-19(17-28)8-10-20/h2-16,18H,1H3,(H,29,30)/t18-/m0/s1. The molecule has 31 heavy (non-hydrogen) atoms. The van der Waals surface area contributed by atoms with Crippen LogP contribution in [-0.4, -0.2) is 4.98 Å². The van der Waals surface area contributed by atoms with E-state index in [2.05, 4.69) is 16.4 Å². The van der Waals surface area contributed by atoms with Crippen LogP contribution in [0, 0.1) is 17.1 Å². The molecule has 0 spiro atoms. The molecule has 4 aromatic rings. The first-order valence-electron chi connectivity index (χ1n) is 9.88. The molecule has 1 heterocycles. The van der Waals surface area contributed by atoms with E-state index >= 15 is 0 Å². The van der Waals surface area contributed by atoms with Gasteiger partial charge in [-0.1, -0.05) is 36.4 Å². The van der Waals surface area contributed by atoms with Crippen molar-refractivity contribution in [2.75, 3.05) is 5.32 Å². The molecule has 0 aliphatic carbocycles. The van der Waals surface area contributed by atoms with Crippen molar-refractivity contribution >= 4 is 5.82 Å². The van der Waals surface area contributed by atoms with E-state index in [0.717, 1.165) is 16.7 Å². The number of nitrogens with one attached hydrogen (secondary N) is 1. The summed E-state index contributed by atoms with van der Waals surface area (Å²) in [6.07, 6.45) is 1.72. The fourth-order valence-corrected chi connectivity index (χ4v) is 3.22. The van der Waals surface area contributed by atoms with Gasteiger partial charge in [0.15, 0.2) is 11.6 Å². The Morgan fingerprint density at radius 2 is 1.71 bits per heavy atom. The predicted octanol–water partition coefficient (Wildman–Crippen LogP) is 6.72. The molecule has 3 aromatic carbocycles. The molecule has 0 aliphatic rings. The van der Waals surface area contributed by atoms with E-state index in [1.165, 1.54) is 6.07 Å². The van der Waals surface area contributed by atoms with Crippen molar-refractivity contribution < 1.29 is 9.13 Å². The predicted molar refractivity (Wildman–Crippen MR) is 119 cm³/mol. The number of ether oxygens (including phenoxy) is 1. The first-order valence-corrected chi connectivity index (χ1v) is 9.88. The van der Waals surface area contributed by atoms with Crippen LogP contribution in [0.3, 0.4) is 0 Å². The number of benzene rings is 3. The first-order chi connectivity index (χ1) is 15.1. The van der Waals surface area contributed by atoms with Gasteiger partial charge in [0.25, 0.3) is 0 Å². The SMILES string of the molecule is C[C@H](Nc1cc(-c2ccc(C#N)cc2)ccn1)c1ccc(Oc2ccccc2)c(F)c1. The number of rotatable bonds is 6. The molecule has 5 heteroatoms. The first kappa shape index (κ1) is 20.1. The van der Waals surface area contributed by atoms with E-state index in [0.29, 0.717) is 17.1 Å². The molecule has 1 atom stereocenters. The van der Waals surface area contributed by atoms with E-state index < -0.39 is 5.82 Å². The minimum atomic E-state index is -0.422. The van der Waals surface area contributed by atoms with Crippen LogP contribution in [-0.2, 0) is 0 Å². The van der Waals surface area contributed by atoms with Crippen LogP contribution >= 0.6 is 0 Å². The fraction of sp³-hybridized carbons (Fsp3) is 0.0769. The molecule has 0 aliphatic heterocycles. The third-order valence-electron chi connectivity index (χ3n) is 4.90. The molecule has 0 saturated carbocycles. The van der Waals surface area contributed by atoms with Gasteiger partial charge >= 0.3 is 0 Å². The Kier molecular flexibility index (Phi) is 5.91. The highest BCUT2D eigenvalue weighted by molar-refractivity contribution is 5.67. The molecule has 0 radical (unpaired) electrons. The summed E-state index contributed by atoms with van der Waals surface area (Å²) in [7, 11) is 0. The number of hydrogen-bond acceptors (Lipinski definition) is 4. The topological polar surface area (TPSA) is 57.9 Å². The van der Waals surface area contributed by atoms with E-state index in [1.54, 1.807) is 36.5 Å². The number of para-hydroxylation sites is 1. The largest absolute Gasteiger partial charge is 0.454 e. The summed E-state index contributed by atoms with van der Waals surface area (Å²) in [5.41, 5.74) is 3.37. The second kappa shape index (κ2) is 9.10. The lowest BCUT2D eigenvalue weighted by Gasteiger charge is -2.17. The third kappa shape index (κ3) is 4.88. The Hall–Kier alpha value is -4.17. The number of aromatic nitrogens is 1. The van der Waals surface area contributed by atoms with Gasteiger partial charge in [-0.15, -0.1) is 0 Å². The molecule has 0 amide bonds. The maximum atomic E-state index is 14.6. The van der Waals surface area contributed by atoms with Crippen LogP contribution in [0.1, 0.15) is 24.1 Å². The van der Waals surface area contributed by atoms with Gasteiger partial charge in [-0.2, -0.15) is 5.26 Å². The summed E-state index contributed by atoms with van der Waals surface area (Å²) >= 11 is 0. The van der Waals surface area contributed by atoms with Gasteiger partial charge in [0.2, 0.25) is 0 Å². The van der Waals surface area contributed by atoms with Gasteiger partial charge in [0, 0.05) is 6.20 Å². The highest BCUT2D eigenvalue weighted by Crippen LogP contribution is 2.29. The Morgan fingerprint density at radius 3 is 2.42 bits per heavy atom. The zero-order valence-corrected chi connectivity index (χ0v) is 16.9. The Labute approximate surface area is 180 Å². The second-order valence-corrected chi connectivity index (χ2v) is 7.09. The normalized spacial score (nSPS) is 11.4. The van der Waals surface area contributed by atoms with Crippen LogP contribution in [0.25, 0.3) is 11.1 Å². The van der Waals surface area contributed by atoms with Gasteiger partial charge in [-0.05, 0) is 72.1 Å². The molecule has 152 valence electrons. The maximum absolute atomic E-state index is 14.6. The van der Waals surface area contributed by atoms with Crippen LogP contribution in [0.2, 0.25) is 0 Å². The zero-order chi connectivity index (χ0) is 21.6. The van der Waals surface area contributed by atoms with Gasteiger partial charge < -0.3 is 10.1 Å². The molecule has 0 saturated heterocycles. The smallest absolute Gasteiger partial charge is 0.166 e. The Balaban J connectivity index is 1.48. The number of anilines is 1. The number of pyridine rings is 1. The van der Waals surface area contributed by atoms with E-state index in [9.17, 15) is 4.39 Å². The van der Waals surface area contributed by atoms with Crippen LogP contribution in [0.5, 0.6) is 11.5 Å². The monoisotopic (exact) mass is 409 g/mol. The van der Waals surface area contributed by atoms with Crippen LogP contribution in [0.15, 0.2) is 91.1 Å². The van der Waals surface area contributed by atoms with Gasteiger partial charge in [0.1, 0.15) is 11.6 Å². The van der Waals surface area contributed by atoms with Gasteiger partial charge in [0.05, 0.1) is 17.7 Å². The molecule has 0 fully saturated rings. The summed E-state index contributed by atoms with van der Waals surface area (Å²) < 4.78 is 20.2. The number of nitrogens with zero attached hydrogens (tertiary/aromatic N) is 2. The number of halogens is 1. The molecular formula is C26H20FN3O. The van der Waals surface area contributed by atoms with Gasteiger partial charge in [-0.3, -0.25) is 0 Å². The molecule has 4 rings (SSSR count). The second-order valence-electron chi connectivity index (χ2n) is 7.09. The van der Waals surface area contributed by atoms with E-state index in [4.69, 9.17) is 10.00 Å². The van der Waals surface area contributed by atoms with Crippen LogP contribution < -0.4 is 10.1 Å². The number of nitriles is 1. The lowest BCUT2D eigenvalue weighted by atomic mass is 10.0. The van der Waals surface area contributed by atoms with Crippen molar-refractivity contribution in [3.63, 3.8) is 0 Å². The number of hydrogen-bond donors (Lipinski definition) is 1. The summed E-state index contributed by atoms with van der Waals surface area (Å²) in [5, 5.41) is 12.3. The Bertz CT molecular complexity index is 1220. The Morgan fingerprint density at radius 1 is 0.935 bits per heavy atom. The van der Waals surface area contributed by atoms with E-state index in [1.807, 2.05) is 55.5 Å². The molecule has 1 aromatic heterocycles. The fourth-order valence-electron chi connectivity index (χ4n) is 3.22. The third-order valence-corrected chi connectivity index (χ3v) is 4.90. The minimum Gasteiger partial charge on any atom is -0.454 e. The highest BCUT2D eigenvalue weighted by atomic mass is 19.1. The molecule has 0 unspecified atom stereocenters. The summed E-state index contributed by atoms with van der Waals surface area (Å²) in [6.45, 7) is 1.95. The minimum absolute atomic E-state index is 0.163. The van der Waals surface area contributed by atoms with Crippen LogP contribution in [0.4, 0.5) is 10.2 Å². The summed E-state index contributed by atoms with van der Waals surface area (Å²) in [5.74, 6) is 1.03. The molecular weight excluding hydrogens is 389 g/mol.